The van der Waals surface area contributed by atoms with E-state index in [1.165, 1.54) is 24.9 Å². The summed E-state index contributed by atoms with van der Waals surface area (Å²) in [5, 5.41) is 0.938. The lowest BCUT2D eigenvalue weighted by Crippen LogP contribution is -2.24. The van der Waals surface area contributed by atoms with Gasteiger partial charge in [0.25, 0.3) is 0 Å². The topological polar surface area (TPSA) is 64.8 Å². The third-order valence-electron chi connectivity index (χ3n) is 4.08. The molecular weight excluding hydrogens is 288 g/mol. The Morgan fingerprint density at radius 3 is 2.62 bits per heavy atom. The monoisotopic (exact) mass is 312 g/mol. The number of nitrogens with two attached hydrogens (primary N) is 1. The van der Waals surface area contributed by atoms with E-state index >= 15 is 0 Å². The summed E-state index contributed by atoms with van der Waals surface area (Å²) in [6, 6.07) is 0. The smallest absolute Gasteiger partial charge is 0.350 e. The van der Waals surface area contributed by atoms with Crippen LogP contribution in [-0.4, -0.2) is 33.3 Å². The van der Waals surface area contributed by atoms with Crippen LogP contribution in [0.5, 0.6) is 5.75 Å². The molecule has 5 nitrogen and oxygen atoms in total. The molecule has 6 heteroatoms. The lowest BCUT2D eigenvalue weighted by atomic mass is 9.85. The summed E-state index contributed by atoms with van der Waals surface area (Å²) in [7, 11) is 2.95. The normalized spacial score (nSPS) is 18.2. The number of nitrogen functional groups attached to an aromatic ring is 1. The van der Waals surface area contributed by atoms with Crippen LogP contribution in [0.25, 0.3) is 0 Å². The Labute approximate surface area is 130 Å². The molecule has 0 saturated carbocycles. The van der Waals surface area contributed by atoms with E-state index in [1.807, 2.05) is 0 Å². The second-order valence-corrected chi connectivity index (χ2v) is 7.18. The molecule has 2 N–H and O–H groups in total. The zero-order valence-corrected chi connectivity index (χ0v) is 14.0. The number of esters is 1. The molecule has 21 heavy (non-hydrogen) atoms. The third-order valence-corrected chi connectivity index (χ3v) is 5.31. The first kappa shape index (κ1) is 15.9. The summed E-state index contributed by atoms with van der Waals surface area (Å²) in [4.78, 5) is 14.5. The molecule has 1 aromatic heterocycles. The summed E-state index contributed by atoms with van der Waals surface area (Å²) in [6.45, 7) is 6.51. The predicted molar refractivity (Wildman–Crippen MR) is 86.5 cm³/mol. The Bertz CT molecular complexity index is 525. The van der Waals surface area contributed by atoms with Gasteiger partial charge in [-0.2, -0.15) is 0 Å². The highest BCUT2D eigenvalue weighted by Crippen LogP contribution is 2.46. The van der Waals surface area contributed by atoms with E-state index in [2.05, 4.69) is 18.7 Å². The molecule has 0 aromatic carbocycles. The van der Waals surface area contributed by atoms with E-state index in [4.69, 9.17) is 15.2 Å². The zero-order valence-electron chi connectivity index (χ0n) is 13.2. The number of methoxy groups -OCH3 is 2. The van der Waals surface area contributed by atoms with Gasteiger partial charge in [-0.25, -0.2) is 4.79 Å². The predicted octanol–water partition coefficient (Wildman–Crippen LogP) is 3.14. The second-order valence-electron chi connectivity index (χ2n) is 6.18. The van der Waals surface area contributed by atoms with Crippen molar-refractivity contribution in [3.05, 3.63) is 4.88 Å². The summed E-state index contributed by atoms with van der Waals surface area (Å²) in [5.41, 5.74) is 6.79. The largest absolute Gasteiger partial charge is 0.492 e. The van der Waals surface area contributed by atoms with Gasteiger partial charge in [-0.3, -0.25) is 0 Å². The van der Waals surface area contributed by atoms with Crippen LogP contribution in [0, 0.1) is 5.41 Å². The molecule has 0 aliphatic carbocycles. The molecule has 2 heterocycles. The van der Waals surface area contributed by atoms with Crippen LogP contribution < -0.4 is 15.4 Å². The number of hydrogen-bond acceptors (Lipinski definition) is 6. The van der Waals surface area contributed by atoms with Crippen molar-refractivity contribution in [3.8, 4) is 5.75 Å². The van der Waals surface area contributed by atoms with Crippen LogP contribution in [0.1, 0.15) is 42.8 Å². The highest BCUT2D eigenvalue weighted by atomic mass is 32.1. The summed E-state index contributed by atoms with van der Waals surface area (Å²) >= 11 is 1.36. The molecule has 118 valence electrons. The van der Waals surface area contributed by atoms with Gasteiger partial charge in [0.05, 0.1) is 14.2 Å². The summed E-state index contributed by atoms with van der Waals surface area (Å²) in [6.07, 6.45) is 3.44. The van der Waals surface area contributed by atoms with Gasteiger partial charge in [0.1, 0.15) is 15.6 Å². The molecule has 0 radical (unpaired) electrons. The standard InChI is InChI=1S/C15H24N2O3S/c1-15(2)6-5-8-17(9-7-15)13-11(19-3)10(16)12(21-13)14(18)20-4/h5-9,16H2,1-4H3. The number of rotatable bonds is 3. The maximum Gasteiger partial charge on any atom is 0.350 e. The van der Waals surface area contributed by atoms with Crippen LogP contribution in [0.4, 0.5) is 10.7 Å². The number of carbonyl (C=O) groups is 1. The molecule has 1 aliphatic rings. The number of hydrogen-bond donors (Lipinski definition) is 1. The van der Waals surface area contributed by atoms with Crippen molar-refractivity contribution >= 4 is 28.0 Å². The van der Waals surface area contributed by atoms with Crippen LogP contribution in [0.3, 0.4) is 0 Å². The van der Waals surface area contributed by atoms with Crippen LogP contribution in [0.2, 0.25) is 0 Å². The molecule has 0 unspecified atom stereocenters. The highest BCUT2D eigenvalue weighted by Gasteiger charge is 2.29. The second kappa shape index (κ2) is 6.13. The van der Waals surface area contributed by atoms with Crippen molar-refractivity contribution in [2.24, 2.45) is 5.41 Å². The van der Waals surface area contributed by atoms with E-state index in [-0.39, 0.29) is 0 Å². The Kier molecular flexibility index (Phi) is 4.66. The third kappa shape index (κ3) is 3.26. The first-order valence-electron chi connectivity index (χ1n) is 7.19. The van der Waals surface area contributed by atoms with Gasteiger partial charge in [-0.1, -0.05) is 13.8 Å². The number of thiophene rings is 1. The zero-order chi connectivity index (χ0) is 15.6. The Morgan fingerprint density at radius 1 is 1.29 bits per heavy atom. The van der Waals surface area contributed by atoms with E-state index in [1.54, 1.807) is 7.11 Å². The molecule has 1 aromatic rings. The van der Waals surface area contributed by atoms with Crippen molar-refractivity contribution in [2.75, 3.05) is 37.9 Å². The van der Waals surface area contributed by atoms with Crippen molar-refractivity contribution < 1.29 is 14.3 Å². The fourth-order valence-electron chi connectivity index (χ4n) is 2.69. The van der Waals surface area contributed by atoms with Gasteiger partial charge >= 0.3 is 5.97 Å². The van der Waals surface area contributed by atoms with Crippen molar-refractivity contribution in [1.82, 2.24) is 0 Å². The maximum absolute atomic E-state index is 11.8. The van der Waals surface area contributed by atoms with Gasteiger partial charge in [-0.15, -0.1) is 11.3 Å². The molecule has 0 spiro atoms. The minimum absolute atomic E-state index is 0.357. The number of ether oxygens (including phenoxy) is 2. The van der Waals surface area contributed by atoms with E-state index in [0.717, 1.165) is 30.9 Å². The van der Waals surface area contributed by atoms with Crippen LogP contribution >= 0.6 is 11.3 Å². The fraction of sp³-hybridized carbons (Fsp3) is 0.667. The number of nitrogens with zero attached hydrogens (tertiary/aromatic N) is 1. The average Bonchev–Trinajstić information content (AvgIpc) is 2.66. The van der Waals surface area contributed by atoms with Crippen molar-refractivity contribution in [2.45, 2.75) is 33.1 Å². The molecule has 1 aliphatic heterocycles. The lowest BCUT2D eigenvalue weighted by molar-refractivity contribution is 0.0607. The van der Waals surface area contributed by atoms with E-state index in [0.29, 0.717) is 21.7 Å². The first-order chi connectivity index (χ1) is 9.89. The van der Waals surface area contributed by atoms with E-state index in [9.17, 15) is 4.79 Å². The summed E-state index contributed by atoms with van der Waals surface area (Å²) < 4.78 is 10.2. The summed E-state index contributed by atoms with van der Waals surface area (Å²) in [5.74, 6) is 0.192. The Balaban J connectivity index is 2.32. The molecule has 0 amide bonds. The van der Waals surface area contributed by atoms with Gasteiger partial charge in [-0.05, 0) is 24.7 Å². The minimum atomic E-state index is -0.405. The number of anilines is 2. The van der Waals surface area contributed by atoms with Crippen LogP contribution in [-0.2, 0) is 4.74 Å². The molecule has 0 atom stereocenters. The van der Waals surface area contributed by atoms with Crippen molar-refractivity contribution in [1.29, 1.82) is 0 Å². The van der Waals surface area contributed by atoms with Gasteiger partial charge < -0.3 is 20.1 Å². The molecule has 1 fully saturated rings. The molecule has 0 bridgehead atoms. The van der Waals surface area contributed by atoms with Crippen molar-refractivity contribution in [3.63, 3.8) is 0 Å². The Hall–Kier alpha value is -1.43. The number of carbonyl (C=O) groups excluding carboxylic acids is 1. The van der Waals surface area contributed by atoms with E-state index < -0.39 is 5.97 Å². The highest BCUT2D eigenvalue weighted by molar-refractivity contribution is 7.19. The minimum Gasteiger partial charge on any atom is -0.492 e. The van der Waals surface area contributed by atoms with Gasteiger partial charge in [0, 0.05) is 13.1 Å². The quantitative estimate of drug-likeness (QED) is 0.869. The Morgan fingerprint density at radius 2 is 2.00 bits per heavy atom. The average molecular weight is 312 g/mol. The lowest BCUT2D eigenvalue weighted by Gasteiger charge is -2.24. The molecule has 1 saturated heterocycles. The van der Waals surface area contributed by atoms with Crippen LogP contribution in [0.15, 0.2) is 0 Å². The molecular formula is C15H24N2O3S. The SMILES string of the molecule is COC(=O)c1sc(N2CCCC(C)(C)CC2)c(OC)c1N. The van der Waals surface area contributed by atoms with Gasteiger partial charge in [0.15, 0.2) is 5.75 Å². The fourth-order valence-corrected chi connectivity index (χ4v) is 3.85. The molecule has 2 rings (SSSR count). The first-order valence-corrected chi connectivity index (χ1v) is 8.01. The van der Waals surface area contributed by atoms with Gasteiger partial charge in [0.2, 0.25) is 0 Å². The maximum atomic E-state index is 11.8.